The van der Waals surface area contributed by atoms with Crippen molar-refractivity contribution in [2.75, 3.05) is 7.05 Å². The second-order valence-corrected chi connectivity index (χ2v) is 4.48. The van der Waals surface area contributed by atoms with Gasteiger partial charge in [-0.05, 0) is 45.6 Å². The highest BCUT2D eigenvalue weighted by molar-refractivity contribution is 5.81. The van der Waals surface area contributed by atoms with Crippen LogP contribution in [0.25, 0.3) is 0 Å². The van der Waals surface area contributed by atoms with E-state index in [1.807, 2.05) is 14.0 Å². The molecule has 1 aliphatic carbocycles. The van der Waals surface area contributed by atoms with Gasteiger partial charge in [0.25, 0.3) is 0 Å². The van der Waals surface area contributed by atoms with Crippen LogP contribution in [0, 0.1) is 5.92 Å². The van der Waals surface area contributed by atoms with Crippen molar-refractivity contribution in [3.05, 3.63) is 0 Å². The Labute approximate surface area is 86.6 Å². The summed E-state index contributed by atoms with van der Waals surface area (Å²) in [5.41, 5.74) is 0. The fourth-order valence-corrected chi connectivity index (χ4v) is 1.86. The van der Waals surface area contributed by atoms with Crippen LogP contribution in [0.4, 0.5) is 0 Å². The van der Waals surface area contributed by atoms with Crippen LogP contribution in [0.3, 0.4) is 0 Å². The molecule has 82 valence electrons. The average molecular weight is 198 g/mol. The van der Waals surface area contributed by atoms with E-state index in [0.717, 1.165) is 18.8 Å². The summed E-state index contributed by atoms with van der Waals surface area (Å²) in [6.45, 7) is 4.18. The summed E-state index contributed by atoms with van der Waals surface area (Å²) < 4.78 is 0. The highest BCUT2D eigenvalue weighted by Gasteiger charge is 2.21. The van der Waals surface area contributed by atoms with E-state index in [0.29, 0.717) is 6.04 Å². The molecule has 14 heavy (non-hydrogen) atoms. The number of nitrogens with one attached hydrogen (secondary N) is 2. The molecule has 0 radical (unpaired) electrons. The minimum atomic E-state index is -0.0747. The van der Waals surface area contributed by atoms with Gasteiger partial charge in [0, 0.05) is 6.04 Å². The predicted molar refractivity (Wildman–Crippen MR) is 58.1 cm³/mol. The molecule has 0 aromatic carbocycles. The lowest BCUT2D eigenvalue weighted by molar-refractivity contribution is -0.123. The van der Waals surface area contributed by atoms with Gasteiger partial charge >= 0.3 is 0 Å². The number of hydrogen-bond donors (Lipinski definition) is 2. The largest absolute Gasteiger partial charge is 0.352 e. The van der Waals surface area contributed by atoms with E-state index >= 15 is 0 Å². The number of amides is 1. The molecule has 1 atom stereocenters. The number of rotatable bonds is 3. The Kier molecular flexibility index (Phi) is 4.39. The van der Waals surface area contributed by atoms with E-state index in [2.05, 4.69) is 17.6 Å². The van der Waals surface area contributed by atoms with Crippen LogP contribution >= 0.6 is 0 Å². The van der Waals surface area contributed by atoms with Gasteiger partial charge < -0.3 is 10.6 Å². The van der Waals surface area contributed by atoms with Gasteiger partial charge in [-0.2, -0.15) is 0 Å². The average Bonchev–Trinajstić information content (AvgIpc) is 2.20. The zero-order valence-electron chi connectivity index (χ0n) is 9.47. The summed E-state index contributed by atoms with van der Waals surface area (Å²) in [5.74, 6) is 0.969. The van der Waals surface area contributed by atoms with E-state index < -0.39 is 0 Å². The molecule has 0 aromatic rings. The standard InChI is InChI=1S/C11H22N2O/c1-8-4-6-10(7-5-8)13-11(14)9(2)12-3/h8-10,12H,4-7H2,1-3H3,(H,13,14). The monoisotopic (exact) mass is 198 g/mol. The lowest BCUT2D eigenvalue weighted by atomic mass is 9.87. The quantitative estimate of drug-likeness (QED) is 0.717. The zero-order valence-corrected chi connectivity index (χ0v) is 9.47. The minimum Gasteiger partial charge on any atom is -0.352 e. The lowest BCUT2D eigenvalue weighted by Crippen LogP contribution is -2.46. The van der Waals surface area contributed by atoms with Gasteiger partial charge in [0.15, 0.2) is 0 Å². The Hall–Kier alpha value is -0.570. The first-order valence-corrected chi connectivity index (χ1v) is 5.61. The van der Waals surface area contributed by atoms with Crippen molar-refractivity contribution in [2.24, 2.45) is 5.92 Å². The SMILES string of the molecule is CNC(C)C(=O)NC1CCC(C)CC1. The van der Waals surface area contributed by atoms with E-state index in [-0.39, 0.29) is 11.9 Å². The van der Waals surface area contributed by atoms with Crippen LogP contribution < -0.4 is 10.6 Å². The van der Waals surface area contributed by atoms with Crippen molar-refractivity contribution in [1.82, 2.24) is 10.6 Å². The molecule has 1 amide bonds. The zero-order chi connectivity index (χ0) is 10.6. The summed E-state index contributed by atoms with van der Waals surface area (Å²) in [6.07, 6.45) is 4.78. The Morgan fingerprint density at radius 1 is 1.29 bits per heavy atom. The summed E-state index contributed by atoms with van der Waals surface area (Å²) in [5, 5.41) is 6.04. The fraction of sp³-hybridized carbons (Fsp3) is 0.909. The lowest BCUT2D eigenvalue weighted by Gasteiger charge is -2.27. The van der Waals surface area contributed by atoms with Gasteiger partial charge in [-0.1, -0.05) is 6.92 Å². The maximum Gasteiger partial charge on any atom is 0.237 e. The molecule has 0 aromatic heterocycles. The first kappa shape index (κ1) is 11.5. The van der Waals surface area contributed by atoms with Crippen LogP contribution in [0.5, 0.6) is 0 Å². The Morgan fingerprint density at radius 3 is 2.36 bits per heavy atom. The van der Waals surface area contributed by atoms with E-state index in [1.165, 1.54) is 12.8 Å². The van der Waals surface area contributed by atoms with Crippen molar-refractivity contribution in [3.8, 4) is 0 Å². The summed E-state index contributed by atoms with van der Waals surface area (Å²) in [4.78, 5) is 11.6. The minimum absolute atomic E-state index is 0.0747. The molecule has 0 spiro atoms. The molecule has 1 aliphatic rings. The summed E-state index contributed by atoms with van der Waals surface area (Å²) in [7, 11) is 1.81. The van der Waals surface area contributed by atoms with Gasteiger partial charge in [-0.25, -0.2) is 0 Å². The van der Waals surface area contributed by atoms with Crippen molar-refractivity contribution in [1.29, 1.82) is 0 Å². The number of carbonyl (C=O) groups is 1. The first-order chi connectivity index (χ1) is 6.63. The molecule has 3 heteroatoms. The number of hydrogen-bond acceptors (Lipinski definition) is 2. The number of likely N-dealkylation sites (N-methyl/N-ethyl adjacent to an activating group) is 1. The maximum atomic E-state index is 11.6. The molecular weight excluding hydrogens is 176 g/mol. The molecular formula is C11H22N2O. The third-order valence-electron chi connectivity index (χ3n) is 3.19. The Morgan fingerprint density at radius 2 is 1.86 bits per heavy atom. The molecule has 1 fully saturated rings. The van der Waals surface area contributed by atoms with Crippen LogP contribution in [0.15, 0.2) is 0 Å². The van der Waals surface area contributed by atoms with E-state index in [1.54, 1.807) is 0 Å². The van der Waals surface area contributed by atoms with Gasteiger partial charge in [-0.15, -0.1) is 0 Å². The molecule has 0 aliphatic heterocycles. The van der Waals surface area contributed by atoms with Crippen molar-refractivity contribution in [3.63, 3.8) is 0 Å². The second kappa shape index (κ2) is 5.35. The Balaban J connectivity index is 2.27. The van der Waals surface area contributed by atoms with Gasteiger partial charge in [0.05, 0.1) is 6.04 Å². The molecule has 2 N–H and O–H groups in total. The highest BCUT2D eigenvalue weighted by Crippen LogP contribution is 2.23. The van der Waals surface area contributed by atoms with Gasteiger partial charge in [0.2, 0.25) is 5.91 Å². The van der Waals surface area contributed by atoms with Crippen LogP contribution in [0.2, 0.25) is 0 Å². The smallest absolute Gasteiger partial charge is 0.237 e. The van der Waals surface area contributed by atoms with Crippen LogP contribution in [0.1, 0.15) is 39.5 Å². The fourth-order valence-electron chi connectivity index (χ4n) is 1.86. The van der Waals surface area contributed by atoms with Crippen molar-refractivity contribution in [2.45, 2.75) is 51.6 Å². The molecule has 0 saturated heterocycles. The highest BCUT2D eigenvalue weighted by atomic mass is 16.2. The molecule has 1 unspecified atom stereocenters. The molecule has 0 bridgehead atoms. The van der Waals surface area contributed by atoms with Crippen LogP contribution in [-0.4, -0.2) is 25.0 Å². The molecule has 1 rings (SSSR count). The van der Waals surface area contributed by atoms with Crippen LogP contribution in [-0.2, 0) is 4.79 Å². The summed E-state index contributed by atoms with van der Waals surface area (Å²) >= 11 is 0. The van der Waals surface area contributed by atoms with Crippen molar-refractivity contribution < 1.29 is 4.79 Å². The normalized spacial score (nSPS) is 29.6. The third-order valence-corrected chi connectivity index (χ3v) is 3.19. The molecule has 3 nitrogen and oxygen atoms in total. The van der Waals surface area contributed by atoms with Crippen molar-refractivity contribution >= 4 is 5.91 Å². The third kappa shape index (κ3) is 3.29. The molecule has 0 heterocycles. The van der Waals surface area contributed by atoms with E-state index in [4.69, 9.17) is 0 Å². The number of carbonyl (C=O) groups excluding carboxylic acids is 1. The second-order valence-electron chi connectivity index (χ2n) is 4.48. The first-order valence-electron chi connectivity index (χ1n) is 5.61. The van der Waals surface area contributed by atoms with E-state index in [9.17, 15) is 4.79 Å². The summed E-state index contributed by atoms with van der Waals surface area (Å²) in [6, 6.07) is 0.337. The molecule has 1 saturated carbocycles. The predicted octanol–water partition coefficient (Wildman–Crippen LogP) is 1.29. The van der Waals surface area contributed by atoms with Gasteiger partial charge in [0.1, 0.15) is 0 Å². The maximum absolute atomic E-state index is 11.6. The topological polar surface area (TPSA) is 41.1 Å². The van der Waals surface area contributed by atoms with Gasteiger partial charge in [-0.3, -0.25) is 4.79 Å². The Bertz CT molecular complexity index is 186.